The molecule has 1 aromatic rings. The molecule has 5 nitrogen and oxygen atoms in total. The zero-order valence-electron chi connectivity index (χ0n) is 12.5. The van der Waals surface area contributed by atoms with Crippen molar-refractivity contribution in [2.24, 2.45) is 5.41 Å². The highest BCUT2D eigenvalue weighted by Crippen LogP contribution is 2.19. The van der Waals surface area contributed by atoms with Gasteiger partial charge in [0.05, 0.1) is 4.90 Å². The van der Waals surface area contributed by atoms with Gasteiger partial charge in [0.25, 0.3) is 0 Å². The zero-order valence-corrected chi connectivity index (χ0v) is 13.3. The SMILES string of the molecule is CC(C)(C=O)CN1CCN(S(=O)(=O)c2ccccc2)CC1. The van der Waals surface area contributed by atoms with Gasteiger partial charge in [0.15, 0.2) is 0 Å². The second-order valence-corrected chi connectivity index (χ2v) is 8.04. The molecule has 116 valence electrons. The summed E-state index contributed by atoms with van der Waals surface area (Å²) in [4.78, 5) is 13.5. The van der Waals surface area contributed by atoms with E-state index in [1.165, 1.54) is 4.31 Å². The molecule has 0 N–H and O–H groups in total. The van der Waals surface area contributed by atoms with Gasteiger partial charge in [-0.3, -0.25) is 4.90 Å². The van der Waals surface area contributed by atoms with Crippen molar-refractivity contribution in [2.45, 2.75) is 18.7 Å². The summed E-state index contributed by atoms with van der Waals surface area (Å²) in [5.41, 5.74) is -0.388. The standard InChI is InChI=1S/C15H22N2O3S/c1-15(2,13-18)12-16-8-10-17(11-9-16)21(19,20)14-6-4-3-5-7-14/h3-7,13H,8-12H2,1-2H3. The van der Waals surface area contributed by atoms with Crippen LogP contribution in [0.25, 0.3) is 0 Å². The van der Waals surface area contributed by atoms with E-state index in [9.17, 15) is 13.2 Å². The predicted molar refractivity (Wildman–Crippen MR) is 81.5 cm³/mol. The molecule has 21 heavy (non-hydrogen) atoms. The quantitative estimate of drug-likeness (QED) is 0.767. The fraction of sp³-hybridized carbons (Fsp3) is 0.533. The van der Waals surface area contributed by atoms with E-state index < -0.39 is 10.0 Å². The molecule has 1 heterocycles. The van der Waals surface area contributed by atoms with Gasteiger partial charge in [-0.05, 0) is 12.1 Å². The summed E-state index contributed by atoms with van der Waals surface area (Å²) in [7, 11) is -3.40. The summed E-state index contributed by atoms with van der Waals surface area (Å²) >= 11 is 0. The minimum Gasteiger partial charge on any atom is -0.303 e. The first-order valence-corrected chi connectivity index (χ1v) is 8.53. The van der Waals surface area contributed by atoms with Crippen LogP contribution >= 0.6 is 0 Å². The van der Waals surface area contributed by atoms with Crippen LogP contribution in [0.5, 0.6) is 0 Å². The Balaban J connectivity index is 2.00. The van der Waals surface area contributed by atoms with Gasteiger partial charge in [-0.15, -0.1) is 0 Å². The molecule has 0 aromatic heterocycles. The van der Waals surface area contributed by atoms with Crippen LogP contribution < -0.4 is 0 Å². The molecule has 0 radical (unpaired) electrons. The third kappa shape index (κ3) is 3.90. The average Bonchev–Trinajstić information content (AvgIpc) is 2.48. The maximum absolute atomic E-state index is 12.5. The number of hydrogen-bond donors (Lipinski definition) is 0. The first-order chi connectivity index (χ1) is 9.85. The fourth-order valence-corrected chi connectivity index (χ4v) is 3.93. The summed E-state index contributed by atoms with van der Waals surface area (Å²) in [6.07, 6.45) is 0.958. The largest absolute Gasteiger partial charge is 0.303 e. The lowest BCUT2D eigenvalue weighted by Crippen LogP contribution is -2.50. The van der Waals surface area contributed by atoms with Crippen molar-refractivity contribution in [3.05, 3.63) is 30.3 Å². The molecule has 0 spiro atoms. The number of piperazine rings is 1. The molecule has 0 aliphatic carbocycles. The molecule has 0 bridgehead atoms. The predicted octanol–water partition coefficient (Wildman–Crippen LogP) is 1.22. The Morgan fingerprint density at radius 3 is 2.19 bits per heavy atom. The summed E-state index contributed by atoms with van der Waals surface area (Å²) in [6.45, 7) is 6.70. The van der Waals surface area contributed by atoms with Crippen LogP contribution in [-0.4, -0.2) is 56.6 Å². The minimum absolute atomic E-state index is 0.340. The number of rotatable bonds is 5. The van der Waals surface area contributed by atoms with Gasteiger partial charge in [-0.1, -0.05) is 32.0 Å². The molecule has 1 fully saturated rings. The number of carbonyl (C=O) groups is 1. The Bertz CT molecular complexity index is 576. The lowest BCUT2D eigenvalue weighted by atomic mass is 9.95. The van der Waals surface area contributed by atoms with E-state index in [1.807, 2.05) is 13.8 Å². The smallest absolute Gasteiger partial charge is 0.243 e. The molecule has 1 aliphatic heterocycles. The maximum atomic E-state index is 12.5. The first kappa shape index (κ1) is 16.1. The number of sulfonamides is 1. The Kier molecular flexibility index (Phi) is 4.81. The Morgan fingerprint density at radius 1 is 1.10 bits per heavy atom. The molecule has 1 saturated heterocycles. The van der Waals surface area contributed by atoms with Gasteiger partial charge >= 0.3 is 0 Å². The van der Waals surface area contributed by atoms with E-state index in [0.717, 1.165) is 6.29 Å². The lowest BCUT2D eigenvalue weighted by molar-refractivity contribution is -0.115. The van der Waals surface area contributed by atoms with Crippen LogP contribution in [0.1, 0.15) is 13.8 Å². The third-order valence-corrected chi connectivity index (χ3v) is 5.58. The molecular weight excluding hydrogens is 288 g/mol. The molecule has 0 amide bonds. The number of carbonyl (C=O) groups excluding carboxylic acids is 1. The molecule has 0 atom stereocenters. The van der Waals surface area contributed by atoms with Crippen LogP contribution in [0, 0.1) is 5.41 Å². The number of aldehydes is 1. The highest BCUT2D eigenvalue weighted by Gasteiger charge is 2.30. The topological polar surface area (TPSA) is 57.7 Å². The number of nitrogens with zero attached hydrogens (tertiary/aromatic N) is 2. The van der Waals surface area contributed by atoms with E-state index in [4.69, 9.17) is 0 Å². The van der Waals surface area contributed by atoms with E-state index >= 15 is 0 Å². The molecule has 6 heteroatoms. The van der Waals surface area contributed by atoms with Crippen molar-refractivity contribution >= 4 is 16.3 Å². The van der Waals surface area contributed by atoms with Gasteiger partial charge in [-0.2, -0.15) is 4.31 Å². The normalized spacial score (nSPS) is 18.6. The Morgan fingerprint density at radius 2 is 1.67 bits per heavy atom. The minimum atomic E-state index is -3.40. The molecule has 0 saturated carbocycles. The highest BCUT2D eigenvalue weighted by molar-refractivity contribution is 7.89. The van der Waals surface area contributed by atoms with E-state index in [-0.39, 0.29) is 5.41 Å². The maximum Gasteiger partial charge on any atom is 0.243 e. The van der Waals surface area contributed by atoms with Crippen molar-refractivity contribution in [1.82, 2.24) is 9.21 Å². The summed E-state index contributed by atoms with van der Waals surface area (Å²) < 4.78 is 26.5. The van der Waals surface area contributed by atoms with Crippen LogP contribution in [0.15, 0.2) is 35.2 Å². The summed E-state index contributed by atoms with van der Waals surface area (Å²) in [6, 6.07) is 8.51. The summed E-state index contributed by atoms with van der Waals surface area (Å²) in [5, 5.41) is 0. The van der Waals surface area contributed by atoms with Crippen LogP contribution in [0.4, 0.5) is 0 Å². The second kappa shape index (κ2) is 6.25. The highest BCUT2D eigenvalue weighted by atomic mass is 32.2. The van der Waals surface area contributed by atoms with Gasteiger partial charge in [0, 0.05) is 38.1 Å². The van der Waals surface area contributed by atoms with Crippen LogP contribution in [0.2, 0.25) is 0 Å². The zero-order chi connectivity index (χ0) is 15.5. The van der Waals surface area contributed by atoms with E-state index in [1.54, 1.807) is 30.3 Å². The molecular formula is C15H22N2O3S. The monoisotopic (exact) mass is 310 g/mol. The average molecular weight is 310 g/mol. The van der Waals surface area contributed by atoms with Crippen molar-refractivity contribution in [3.63, 3.8) is 0 Å². The van der Waals surface area contributed by atoms with Gasteiger partial charge < -0.3 is 4.79 Å². The first-order valence-electron chi connectivity index (χ1n) is 7.09. The van der Waals surface area contributed by atoms with Gasteiger partial charge in [0.2, 0.25) is 10.0 Å². The van der Waals surface area contributed by atoms with E-state index in [0.29, 0.717) is 37.6 Å². The van der Waals surface area contributed by atoms with Crippen molar-refractivity contribution in [2.75, 3.05) is 32.7 Å². The number of hydrogen-bond acceptors (Lipinski definition) is 4. The molecule has 0 unspecified atom stereocenters. The lowest BCUT2D eigenvalue weighted by Gasteiger charge is -2.36. The fourth-order valence-electron chi connectivity index (χ4n) is 2.48. The Hall–Kier alpha value is -1.24. The molecule has 1 aliphatic rings. The summed E-state index contributed by atoms with van der Waals surface area (Å²) in [5.74, 6) is 0. The molecule has 1 aromatic carbocycles. The van der Waals surface area contributed by atoms with Crippen molar-refractivity contribution < 1.29 is 13.2 Å². The van der Waals surface area contributed by atoms with E-state index in [2.05, 4.69) is 4.90 Å². The second-order valence-electron chi connectivity index (χ2n) is 6.10. The van der Waals surface area contributed by atoms with Gasteiger partial charge in [0.1, 0.15) is 6.29 Å². The van der Waals surface area contributed by atoms with Crippen LogP contribution in [0.3, 0.4) is 0 Å². The van der Waals surface area contributed by atoms with Crippen molar-refractivity contribution in [3.8, 4) is 0 Å². The van der Waals surface area contributed by atoms with Crippen molar-refractivity contribution in [1.29, 1.82) is 0 Å². The number of benzene rings is 1. The third-order valence-electron chi connectivity index (χ3n) is 3.66. The Labute approximate surface area is 126 Å². The van der Waals surface area contributed by atoms with Gasteiger partial charge in [-0.25, -0.2) is 8.42 Å². The molecule has 2 rings (SSSR count). The van der Waals surface area contributed by atoms with Crippen LogP contribution in [-0.2, 0) is 14.8 Å².